The first-order valence-electron chi connectivity index (χ1n) is 7.76. The van der Waals surface area contributed by atoms with Crippen molar-refractivity contribution in [2.75, 3.05) is 6.54 Å². The van der Waals surface area contributed by atoms with E-state index in [2.05, 4.69) is 62.7 Å². The molecule has 0 amide bonds. The fraction of sp³-hybridized carbons (Fsp3) is 0.812. The maximum atomic E-state index is 4.63. The van der Waals surface area contributed by atoms with Gasteiger partial charge in [0.1, 0.15) is 0 Å². The fourth-order valence-corrected chi connectivity index (χ4v) is 2.28. The number of nitrogens with one attached hydrogen (secondary N) is 1. The van der Waals surface area contributed by atoms with E-state index in [1.807, 2.05) is 0 Å². The van der Waals surface area contributed by atoms with Crippen LogP contribution in [-0.2, 0) is 19.4 Å². The highest BCUT2D eigenvalue weighted by atomic mass is 15.3. The van der Waals surface area contributed by atoms with Crippen molar-refractivity contribution in [3.63, 3.8) is 0 Å². The largest absolute Gasteiger partial charge is 0.314 e. The summed E-state index contributed by atoms with van der Waals surface area (Å²) >= 11 is 0. The van der Waals surface area contributed by atoms with E-state index in [9.17, 15) is 0 Å². The molecule has 0 fully saturated rings. The molecule has 3 heteroatoms. The van der Waals surface area contributed by atoms with E-state index in [-0.39, 0.29) is 0 Å². The molecule has 1 rings (SSSR count). The number of nitrogens with zero attached hydrogens (tertiary/aromatic N) is 2. The first kappa shape index (κ1) is 16.2. The highest BCUT2D eigenvalue weighted by Crippen LogP contribution is 2.18. The van der Waals surface area contributed by atoms with E-state index in [4.69, 9.17) is 0 Å². The van der Waals surface area contributed by atoms with E-state index >= 15 is 0 Å². The molecule has 0 radical (unpaired) electrons. The molecule has 1 aromatic rings. The summed E-state index contributed by atoms with van der Waals surface area (Å²) in [6, 6.07) is 2.85. The zero-order valence-electron chi connectivity index (χ0n) is 13.5. The van der Waals surface area contributed by atoms with Crippen molar-refractivity contribution < 1.29 is 0 Å². The SMILES string of the molecule is CCc1cc(CC(C)C(C)CNC(C)C)n(CC)n1. The lowest BCUT2D eigenvalue weighted by molar-refractivity contribution is 0.347. The van der Waals surface area contributed by atoms with Gasteiger partial charge in [0.05, 0.1) is 5.69 Å². The van der Waals surface area contributed by atoms with E-state index in [1.165, 1.54) is 11.4 Å². The summed E-state index contributed by atoms with van der Waals surface area (Å²) in [4.78, 5) is 0. The Labute approximate surface area is 118 Å². The highest BCUT2D eigenvalue weighted by molar-refractivity contribution is 5.11. The minimum absolute atomic E-state index is 0.572. The Morgan fingerprint density at radius 2 is 1.84 bits per heavy atom. The van der Waals surface area contributed by atoms with E-state index in [0.717, 1.165) is 25.9 Å². The molecule has 1 N–H and O–H groups in total. The lowest BCUT2D eigenvalue weighted by Gasteiger charge is -2.22. The second kappa shape index (κ2) is 7.68. The molecule has 19 heavy (non-hydrogen) atoms. The Bertz CT molecular complexity index is 368. The molecule has 3 nitrogen and oxygen atoms in total. The maximum Gasteiger partial charge on any atom is 0.0624 e. The lowest BCUT2D eigenvalue weighted by atomic mass is 9.91. The summed E-state index contributed by atoms with van der Waals surface area (Å²) in [5, 5.41) is 8.17. The minimum Gasteiger partial charge on any atom is -0.314 e. The van der Waals surface area contributed by atoms with Crippen molar-refractivity contribution in [2.45, 2.75) is 67.0 Å². The quantitative estimate of drug-likeness (QED) is 0.782. The van der Waals surface area contributed by atoms with Crippen LogP contribution in [0, 0.1) is 11.8 Å². The van der Waals surface area contributed by atoms with Gasteiger partial charge >= 0.3 is 0 Å². The normalized spacial score (nSPS) is 14.9. The fourth-order valence-electron chi connectivity index (χ4n) is 2.28. The molecule has 2 atom stereocenters. The van der Waals surface area contributed by atoms with Gasteiger partial charge in [-0.1, -0.05) is 34.6 Å². The molecular weight excluding hydrogens is 234 g/mol. The number of aryl methyl sites for hydroxylation is 2. The third-order valence-electron chi connectivity index (χ3n) is 3.93. The van der Waals surface area contributed by atoms with Crippen LogP contribution in [-0.4, -0.2) is 22.4 Å². The van der Waals surface area contributed by atoms with E-state index in [1.54, 1.807) is 0 Å². The molecule has 0 aromatic carbocycles. The molecular formula is C16H31N3. The van der Waals surface area contributed by atoms with Crippen molar-refractivity contribution in [2.24, 2.45) is 11.8 Å². The Balaban J connectivity index is 2.59. The first-order chi connectivity index (χ1) is 8.97. The van der Waals surface area contributed by atoms with Crippen molar-refractivity contribution in [3.05, 3.63) is 17.5 Å². The van der Waals surface area contributed by atoms with Gasteiger partial charge in [-0.25, -0.2) is 0 Å². The minimum atomic E-state index is 0.572. The van der Waals surface area contributed by atoms with Crippen LogP contribution >= 0.6 is 0 Å². The van der Waals surface area contributed by atoms with Gasteiger partial charge in [-0.05, 0) is 44.2 Å². The molecule has 110 valence electrons. The topological polar surface area (TPSA) is 29.9 Å². The Morgan fingerprint density at radius 3 is 2.37 bits per heavy atom. The number of rotatable bonds is 8. The van der Waals surface area contributed by atoms with Crippen LogP contribution in [0.4, 0.5) is 0 Å². The predicted molar refractivity (Wildman–Crippen MR) is 82.4 cm³/mol. The molecule has 0 saturated carbocycles. The van der Waals surface area contributed by atoms with E-state index < -0.39 is 0 Å². The highest BCUT2D eigenvalue weighted by Gasteiger charge is 2.16. The molecule has 0 aliphatic rings. The van der Waals surface area contributed by atoms with E-state index in [0.29, 0.717) is 17.9 Å². The Hall–Kier alpha value is -0.830. The molecule has 0 aliphatic carbocycles. The van der Waals surface area contributed by atoms with Crippen LogP contribution in [0.15, 0.2) is 6.07 Å². The summed E-state index contributed by atoms with van der Waals surface area (Å²) in [5.74, 6) is 1.37. The third kappa shape index (κ3) is 4.98. The lowest BCUT2D eigenvalue weighted by Crippen LogP contribution is -2.31. The number of hydrogen-bond acceptors (Lipinski definition) is 2. The molecule has 0 bridgehead atoms. The van der Waals surface area contributed by atoms with Gasteiger partial charge in [-0.2, -0.15) is 5.10 Å². The van der Waals surface area contributed by atoms with Crippen molar-refractivity contribution in [3.8, 4) is 0 Å². The van der Waals surface area contributed by atoms with Crippen LogP contribution in [0.5, 0.6) is 0 Å². The van der Waals surface area contributed by atoms with Crippen LogP contribution in [0.3, 0.4) is 0 Å². The van der Waals surface area contributed by atoms with Crippen LogP contribution < -0.4 is 5.32 Å². The summed E-state index contributed by atoms with van der Waals surface area (Å²) < 4.78 is 2.16. The summed E-state index contributed by atoms with van der Waals surface area (Å²) in [5.41, 5.74) is 2.61. The second-order valence-corrected chi connectivity index (χ2v) is 6.02. The first-order valence-corrected chi connectivity index (χ1v) is 7.76. The summed E-state index contributed by atoms with van der Waals surface area (Å²) in [6.45, 7) is 15.5. The summed E-state index contributed by atoms with van der Waals surface area (Å²) in [7, 11) is 0. The zero-order chi connectivity index (χ0) is 14.4. The monoisotopic (exact) mass is 265 g/mol. The molecule has 1 heterocycles. The molecule has 0 aliphatic heterocycles. The van der Waals surface area contributed by atoms with Gasteiger partial charge in [-0.3, -0.25) is 4.68 Å². The van der Waals surface area contributed by atoms with Crippen LogP contribution in [0.25, 0.3) is 0 Å². The smallest absolute Gasteiger partial charge is 0.0624 e. The van der Waals surface area contributed by atoms with Crippen molar-refractivity contribution in [1.29, 1.82) is 0 Å². The maximum absolute atomic E-state index is 4.63. The van der Waals surface area contributed by atoms with Gasteiger partial charge in [0, 0.05) is 18.3 Å². The molecule has 0 spiro atoms. The Kier molecular flexibility index (Phi) is 6.56. The Morgan fingerprint density at radius 1 is 1.16 bits per heavy atom. The van der Waals surface area contributed by atoms with Gasteiger partial charge in [0.15, 0.2) is 0 Å². The zero-order valence-corrected chi connectivity index (χ0v) is 13.5. The number of aromatic nitrogens is 2. The van der Waals surface area contributed by atoms with Crippen LogP contribution in [0.2, 0.25) is 0 Å². The third-order valence-corrected chi connectivity index (χ3v) is 3.93. The predicted octanol–water partition coefficient (Wildman–Crippen LogP) is 3.28. The van der Waals surface area contributed by atoms with Gasteiger partial charge in [0.2, 0.25) is 0 Å². The van der Waals surface area contributed by atoms with Crippen LogP contribution in [0.1, 0.15) is 52.9 Å². The van der Waals surface area contributed by atoms with Gasteiger partial charge in [-0.15, -0.1) is 0 Å². The molecule has 2 unspecified atom stereocenters. The van der Waals surface area contributed by atoms with Crippen molar-refractivity contribution >= 4 is 0 Å². The van der Waals surface area contributed by atoms with Gasteiger partial charge < -0.3 is 5.32 Å². The number of hydrogen-bond donors (Lipinski definition) is 1. The molecule has 1 aromatic heterocycles. The second-order valence-electron chi connectivity index (χ2n) is 6.02. The standard InChI is InChI=1S/C16H31N3/c1-7-15-10-16(19(8-2)18-15)9-13(5)14(6)11-17-12(3)4/h10,12-14,17H,7-9,11H2,1-6H3. The molecule has 0 saturated heterocycles. The average Bonchev–Trinajstić information content (AvgIpc) is 2.77. The van der Waals surface area contributed by atoms with Gasteiger partial charge in [0.25, 0.3) is 0 Å². The van der Waals surface area contributed by atoms with Crippen molar-refractivity contribution in [1.82, 2.24) is 15.1 Å². The average molecular weight is 265 g/mol. The summed E-state index contributed by atoms with van der Waals surface area (Å²) in [6.07, 6.45) is 2.15.